The van der Waals surface area contributed by atoms with Crippen molar-refractivity contribution in [2.45, 2.75) is 18.9 Å². The number of carbonyl (C=O) groups excluding carboxylic acids is 1. The number of aliphatic carboxylic acids is 1. The minimum atomic E-state index is -0.969. The van der Waals surface area contributed by atoms with Gasteiger partial charge in [-0.15, -0.1) is 0 Å². The van der Waals surface area contributed by atoms with Gasteiger partial charge in [0.05, 0.1) is 18.4 Å². The van der Waals surface area contributed by atoms with Crippen molar-refractivity contribution in [3.63, 3.8) is 0 Å². The maximum atomic E-state index is 11.7. The van der Waals surface area contributed by atoms with Crippen molar-refractivity contribution in [2.75, 3.05) is 6.61 Å². The SMILES string of the molecule is N=C(N)c1ccc(-c2ccc(OC[C@@H]3C[C@H](CC(=O)O)C(=O)N3)cc2)cc1.O. The number of benzene rings is 2. The third-order valence-corrected chi connectivity index (χ3v) is 4.54. The topological polar surface area (TPSA) is 157 Å². The fourth-order valence-corrected chi connectivity index (χ4v) is 3.11. The van der Waals surface area contributed by atoms with E-state index in [1.165, 1.54) is 0 Å². The summed E-state index contributed by atoms with van der Waals surface area (Å²) in [5.74, 6) is -0.972. The average molecular weight is 385 g/mol. The van der Waals surface area contributed by atoms with Crippen LogP contribution < -0.4 is 15.8 Å². The zero-order chi connectivity index (χ0) is 19.4. The molecule has 7 N–H and O–H groups in total. The average Bonchev–Trinajstić information content (AvgIpc) is 2.99. The van der Waals surface area contributed by atoms with E-state index in [1.807, 2.05) is 36.4 Å². The van der Waals surface area contributed by atoms with Gasteiger partial charge in [0.2, 0.25) is 5.91 Å². The number of carboxylic acids is 1. The van der Waals surface area contributed by atoms with E-state index in [0.29, 0.717) is 24.3 Å². The van der Waals surface area contributed by atoms with Crippen molar-refractivity contribution in [2.24, 2.45) is 11.7 Å². The highest BCUT2D eigenvalue weighted by molar-refractivity contribution is 5.95. The lowest BCUT2D eigenvalue weighted by molar-refractivity contribution is -0.140. The second-order valence-corrected chi connectivity index (χ2v) is 6.56. The van der Waals surface area contributed by atoms with Crippen LogP contribution in [0.1, 0.15) is 18.4 Å². The van der Waals surface area contributed by atoms with Gasteiger partial charge >= 0.3 is 5.97 Å². The second kappa shape index (κ2) is 9.01. The molecule has 1 amide bonds. The number of rotatable bonds is 7. The van der Waals surface area contributed by atoms with Crippen LogP contribution in [0, 0.1) is 11.3 Å². The van der Waals surface area contributed by atoms with E-state index >= 15 is 0 Å². The lowest BCUT2D eigenvalue weighted by Crippen LogP contribution is -2.31. The van der Waals surface area contributed by atoms with E-state index in [-0.39, 0.29) is 29.7 Å². The molecular weight excluding hydrogens is 362 g/mol. The Labute approximate surface area is 162 Å². The summed E-state index contributed by atoms with van der Waals surface area (Å²) in [6.45, 7) is 0.300. The zero-order valence-electron chi connectivity index (χ0n) is 15.1. The molecule has 1 fully saturated rings. The van der Waals surface area contributed by atoms with Crippen LogP contribution in [0.2, 0.25) is 0 Å². The molecule has 0 aliphatic carbocycles. The summed E-state index contributed by atoms with van der Waals surface area (Å²) in [5.41, 5.74) is 8.15. The molecule has 0 spiro atoms. The third-order valence-electron chi connectivity index (χ3n) is 4.54. The first-order chi connectivity index (χ1) is 12.9. The van der Waals surface area contributed by atoms with E-state index < -0.39 is 11.9 Å². The van der Waals surface area contributed by atoms with Gasteiger partial charge in [0, 0.05) is 5.56 Å². The molecule has 0 unspecified atom stereocenters. The minimum absolute atomic E-state index is 0. The fraction of sp³-hybridized carbons (Fsp3) is 0.250. The van der Waals surface area contributed by atoms with Crippen molar-refractivity contribution in [1.29, 1.82) is 5.41 Å². The second-order valence-electron chi connectivity index (χ2n) is 6.56. The molecule has 8 heteroatoms. The number of ether oxygens (including phenoxy) is 1. The van der Waals surface area contributed by atoms with Gasteiger partial charge in [0.1, 0.15) is 18.2 Å². The van der Waals surface area contributed by atoms with Gasteiger partial charge in [-0.05, 0) is 29.7 Å². The van der Waals surface area contributed by atoms with Crippen LogP contribution in [-0.2, 0) is 9.59 Å². The van der Waals surface area contributed by atoms with Gasteiger partial charge in [-0.1, -0.05) is 36.4 Å². The van der Waals surface area contributed by atoms with E-state index in [9.17, 15) is 9.59 Å². The number of nitrogen functional groups attached to an aromatic ring is 1. The largest absolute Gasteiger partial charge is 0.491 e. The maximum Gasteiger partial charge on any atom is 0.304 e. The first-order valence-electron chi connectivity index (χ1n) is 8.62. The molecule has 2 atom stereocenters. The van der Waals surface area contributed by atoms with Gasteiger partial charge in [-0.2, -0.15) is 0 Å². The van der Waals surface area contributed by atoms with E-state index in [2.05, 4.69) is 5.32 Å². The number of amidine groups is 1. The molecule has 1 heterocycles. The molecule has 0 bridgehead atoms. The summed E-state index contributed by atoms with van der Waals surface area (Å²) in [5, 5.41) is 19.0. The van der Waals surface area contributed by atoms with Crippen molar-refractivity contribution in [3.05, 3.63) is 54.1 Å². The quantitative estimate of drug-likeness (QED) is 0.415. The molecular formula is C20H23N3O5. The van der Waals surface area contributed by atoms with Gasteiger partial charge in [0.25, 0.3) is 0 Å². The highest BCUT2D eigenvalue weighted by atomic mass is 16.5. The van der Waals surface area contributed by atoms with Crippen molar-refractivity contribution in [1.82, 2.24) is 5.32 Å². The lowest BCUT2D eigenvalue weighted by atomic mass is 10.0. The van der Waals surface area contributed by atoms with Crippen LogP contribution in [0.15, 0.2) is 48.5 Å². The van der Waals surface area contributed by atoms with Gasteiger partial charge in [-0.3, -0.25) is 15.0 Å². The predicted molar refractivity (Wildman–Crippen MR) is 104 cm³/mol. The van der Waals surface area contributed by atoms with Crippen LogP contribution in [0.4, 0.5) is 0 Å². The summed E-state index contributed by atoms with van der Waals surface area (Å²) >= 11 is 0. The van der Waals surface area contributed by atoms with Crippen molar-refractivity contribution in [3.8, 4) is 16.9 Å². The summed E-state index contributed by atoms with van der Waals surface area (Å²) in [4.78, 5) is 22.5. The van der Waals surface area contributed by atoms with Crippen molar-refractivity contribution < 1.29 is 24.9 Å². The first kappa shape index (κ1) is 20.9. The minimum Gasteiger partial charge on any atom is -0.491 e. The van der Waals surface area contributed by atoms with E-state index in [0.717, 1.165) is 11.1 Å². The number of carboxylic acid groups (broad SMARTS) is 1. The molecule has 0 radical (unpaired) electrons. The molecule has 3 rings (SSSR count). The van der Waals surface area contributed by atoms with Crippen LogP contribution in [0.3, 0.4) is 0 Å². The molecule has 1 aliphatic rings. The smallest absolute Gasteiger partial charge is 0.304 e. The Morgan fingerprint density at radius 1 is 1.14 bits per heavy atom. The number of nitrogens with one attached hydrogen (secondary N) is 2. The maximum absolute atomic E-state index is 11.7. The van der Waals surface area contributed by atoms with Crippen LogP contribution in [0.5, 0.6) is 5.75 Å². The highest BCUT2D eigenvalue weighted by Gasteiger charge is 2.33. The molecule has 28 heavy (non-hydrogen) atoms. The Bertz CT molecular complexity index is 849. The zero-order valence-corrected chi connectivity index (χ0v) is 15.1. The fourth-order valence-electron chi connectivity index (χ4n) is 3.11. The Morgan fingerprint density at radius 2 is 1.71 bits per heavy atom. The Balaban J connectivity index is 0.00000280. The standard InChI is InChI=1S/C20H21N3O4.H2O/c21-19(22)14-3-1-12(2-4-14)13-5-7-17(8-6-13)27-11-16-9-15(10-18(24)25)20(26)23-16;/h1-8,15-16H,9-11H2,(H3,21,22)(H,23,26)(H,24,25);1H2/t15-,16+;/m1./s1. The number of hydrogen-bond acceptors (Lipinski definition) is 4. The monoisotopic (exact) mass is 385 g/mol. The number of carbonyl (C=O) groups is 2. The molecule has 1 saturated heterocycles. The highest BCUT2D eigenvalue weighted by Crippen LogP contribution is 2.24. The summed E-state index contributed by atoms with van der Waals surface area (Å²) < 4.78 is 5.73. The Hall–Kier alpha value is -3.39. The van der Waals surface area contributed by atoms with Crippen molar-refractivity contribution >= 4 is 17.7 Å². The van der Waals surface area contributed by atoms with E-state index in [1.54, 1.807) is 12.1 Å². The summed E-state index contributed by atoms with van der Waals surface area (Å²) in [6.07, 6.45) is 0.311. The van der Waals surface area contributed by atoms with Crippen LogP contribution in [-0.4, -0.2) is 40.9 Å². The molecule has 1 aliphatic heterocycles. The summed E-state index contributed by atoms with van der Waals surface area (Å²) in [6, 6.07) is 14.8. The molecule has 148 valence electrons. The number of amides is 1. The Morgan fingerprint density at radius 3 is 2.25 bits per heavy atom. The van der Waals surface area contributed by atoms with Gasteiger partial charge < -0.3 is 26.4 Å². The van der Waals surface area contributed by atoms with Crippen LogP contribution >= 0.6 is 0 Å². The number of hydrogen-bond donors (Lipinski definition) is 4. The molecule has 2 aromatic carbocycles. The molecule has 0 aromatic heterocycles. The molecule has 0 saturated carbocycles. The first-order valence-corrected chi connectivity index (χ1v) is 8.62. The van der Waals surface area contributed by atoms with Gasteiger partial charge in [0.15, 0.2) is 0 Å². The van der Waals surface area contributed by atoms with E-state index in [4.69, 9.17) is 21.0 Å². The Kier molecular flexibility index (Phi) is 6.73. The summed E-state index contributed by atoms with van der Waals surface area (Å²) in [7, 11) is 0. The molecule has 8 nitrogen and oxygen atoms in total. The predicted octanol–water partition coefficient (Wildman–Crippen LogP) is 1.17. The number of nitrogens with two attached hydrogens (primary N) is 1. The van der Waals surface area contributed by atoms with Gasteiger partial charge in [-0.25, -0.2) is 0 Å². The normalized spacial score (nSPS) is 18.1. The third kappa shape index (κ3) is 5.08. The van der Waals surface area contributed by atoms with Crippen LogP contribution in [0.25, 0.3) is 11.1 Å². The molecule has 2 aromatic rings. The lowest BCUT2D eigenvalue weighted by Gasteiger charge is -2.12.